The Hall–Kier alpha value is -1.35. The van der Waals surface area contributed by atoms with Gasteiger partial charge in [-0.05, 0) is 18.4 Å². The molecule has 0 radical (unpaired) electrons. The Morgan fingerprint density at radius 2 is 2.06 bits per heavy atom. The van der Waals surface area contributed by atoms with Crippen molar-refractivity contribution in [2.75, 3.05) is 6.54 Å². The first kappa shape index (κ1) is 12.1. The predicted octanol–water partition coefficient (Wildman–Crippen LogP) is 2.12. The molecule has 1 aromatic carbocycles. The van der Waals surface area contributed by atoms with E-state index in [4.69, 9.17) is 4.74 Å². The normalized spacial score (nSPS) is 24.4. The third-order valence-corrected chi connectivity index (χ3v) is 3.15. The SMILES string of the molecule is CC1CCC(CNCc2ccccc2)OC1=O. The van der Waals surface area contributed by atoms with Crippen LogP contribution in [0.5, 0.6) is 0 Å². The fourth-order valence-corrected chi connectivity index (χ4v) is 2.01. The van der Waals surface area contributed by atoms with Gasteiger partial charge in [0.15, 0.2) is 0 Å². The standard InChI is InChI=1S/C14H19NO2/c1-11-7-8-13(17-14(11)16)10-15-9-12-5-3-2-4-6-12/h2-6,11,13,15H,7-10H2,1H3. The van der Waals surface area contributed by atoms with Crippen LogP contribution in [0.15, 0.2) is 30.3 Å². The summed E-state index contributed by atoms with van der Waals surface area (Å²) in [6.07, 6.45) is 1.95. The summed E-state index contributed by atoms with van der Waals surface area (Å²) in [4.78, 5) is 11.4. The maximum atomic E-state index is 11.4. The minimum Gasteiger partial charge on any atom is -0.461 e. The van der Waals surface area contributed by atoms with Crippen LogP contribution in [0.4, 0.5) is 0 Å². The Morgan fingerprint density at radius 3 is 2.76 bits per heavy atom. The number of hydrogen-bond donors (Lipinski definition) is 1. The summed E-state index contributed by atoms with van der Waals surface area (Å²) in [5, 5.41) is 3.33. The van der Waals surface area contributed by atoms with Crippen LogP contribution in [0.2, 0.25) is 0 Å². The fourth-order valence-electron chi connectivity index (χ4n) is 2.01. The van der Waals surface area contributed by atoms with Crippen LogP contribution in [-0.2, 0) is 16.1 Å². The van der Waals surface area contributed by atoms with Crippen LogP contribution < -0.4 is 5.32 Å². The van der Waals surface area contributed by atoms with Gasteiger partial charge in [-0.25, -0.2) is 0 Å². The van der Waals surface area contributed by atoms with E-state index in [1.807, 2.05) is 25.1 Å². The van der Waals surface area contributed by atoms with E-state index in [1.54, 1.807) is 0 Å². The highest BCUT2D eigenvalue weighted by Gasteiger charge is 2.26. The third-order valence-electron chi connectivity index (χ3n) is 3.15. The highest BCUT2D eigenvalue weighted by Crippen LogP contribution is 2.19. The van der Waals surface area contributed by atoms with Gasteiger partial charge in [-0.2, -0.15) is 0 Å². The molecule has 3 heteroatoms. The summed E-state index contributed by atoms with van der Waals surface area (Å²) in [6, 6.07) is 10.2. The zero-order chi connectivity index (χ0) is 12.1. The van der Waals surface area contributed by atoms with Gasteiger partial charge in [0.2, 0.25) is 0 Å². The summed E-state index contributed by atoms with van der Waals surface area (Å²) >= 11 is 0. The zero-order valence-corrected chi connectivity index (χ0v) is 10.2. The van der Waals surface area contributed by atoms with Gasteiger partial charge in [0.1, 0.15) is 6.10 Å². The van der Waals surface area contributed by atoms with Crippen LogP contribution in [0.1, 0.15) is 25.3 Å². The molecule has 0 amide bonds. The predicted molar refractivity (Wildman–Crippen MR) is 66.4 cm³/mol. The second-order valence-electron chi connectivity index (χ2n) is 4.65. The summed E-state index contributed by atoms with van der Waals surface area (Å²) in [5.74, 6) is 0.0168. The molecule has 3 nitrogen and oxygen atoms in total. The van der Waals surface area contributed by atoms with Gasteiger partial charge in [0, 0.05) is 13.1 Å². The molecule has 1 aliphatic heterocycles. The van der Waals surface area contributed by atoms with E-state index in [9.17, 15) is 4.79 Å². The lowest BCUT2D eigenvalue weighted by Gasteiger charge is -2.26. The first-order valence-electron chi connectivity index (χ1n) is 6.21. The number of esters is 1. The van der Waals surface area contributed by atoms with E-state index >= 15 is 0 Å². The third kappa shape index (κ3) is 3.56. The number of carbonyl (C=O) groups excluding carboxylic acids is 1. The Labute approximate surface area is 102 Å². The molecule has 0 saturated carbocycles. The molecular formula is C14H19NO2. The van der Waals surface area contributed by atoms with Gasteiger partial charge in [-0.3, -0.25) is 4.79 Å². The lowest BCUT2D eigenvalue weighted by molar-refractivity contribution is -0.159. The topological polar surface area (TPSA) is 38.3 Å². The minimum atomic E-state index is -0.0530. The van der Waals surface area contributed by atoms with Crippen molar-refractivity contribution in [3.05, 3.63) is 35.9 Å². The average molecular weight is 233 g/mol. The Kier molecular flexibility index (Phi) is 4.15. The van der Waals surface area contributed by atoms with Crippen molar-refractivity contribution in [3.63, 3.8) is 0 Å². The first-order valence-corrected chi connectivity index (χ1v) is 6.21. The molecule has 1 aromatic rings. The number of ether oxygens (including phenoxy) is 1. The van der Waals surface area contributed by atoms with Crippen LogP contribution in [-0.4, -0.2) is 18.6 Å². The average Bonchev–Trinajstić information content (AvgIpc) is 2.35. The molecule has 1 heterocycles. The van der Waals surface area contributed by atoms with Crippen molar-refractivity contribution < 1.29 is 9.53 Å². The van der Waals surface area contributed by atoms with Crippen molar-refractivity contribution >= 4 is 5.97 Å². The van der Waals surface area contributed by atoms with Crippen molar-refractivity contribution in [2.45, 2.75) is 32.4 Å². The molecule has 2 rings (SSSR count). The van der Waals surface area contributed by atoms with Gasteiger partial charge >= 0.3 is 5.97 Å². The lowest BCUT2D eigenvalue weighted by Crippen LogP contribution is -2.36. The molecule has 1 fully saturated rings. The number of nitrogens with one attached hydrogen (secondary N) is 1. The highest BCUT2D eigenvalue weighted by atomic mass is 16.5. The van der Waals surface area contributed by atoms with Gasteiger partial charge < -0.3 is 10.1 Å². The molecule has 0 bridgehead atoms. The van der Waals surface area contributed by atoms with Crippen molar-refractivity contribution in [3.8, 4) is 0 Å². The van der Waals surface area contributed by atoms with Crippen LogP contribution in [0.3, 0.4) is 0 Å². The van der Waals surface area contributed by atoms with E-state index in [2.05, 4.69) is 17.4 Å². The first-order chi connectivity index (χ1) is 8.25. The van der Waals surface area contributed by atoms with E-state index in [0.717, 1.165) is 25.9 Å². The molecule has 92 valence electrons. The number of rotatable bonds is 4. The lowest BCUT2D eigenvalue weighted by atomic mass is 9.99. The number of hydrogen-bond acceptors (Lipinski definition) is 3. The van der Waals surface area contributed by atoms with Crippen molar-refractivity contribution in [2.24, 2.45) is 5.92 Å². The van der Waals surface area contributed by atoms with Gasteiger partial charge in [0.25, 0.3) is 0 Å². The van der Waals surface area contributed by atoms with Crippen molar-refractivity contribution in [1.29, 1.82) is 0 Å². The molecule has 0 aromatic heterocycles. The monoisotopic (exact) mass is 233 g/mol. The number of carbonyl (C=O) groups is 1. The van der Waals surface area contributed by atoms with Crippen LogP contribution in [0, 0.1) is 5.92 Å². The molecular weight excluding hydrogens is 214 g/mol. The van der Waals surface area contributed by atoms with E-state index in [1.165, 1.54) is 5.56 Å². The molecule has 1 aliphatic rings. The number of benzene rings is 1. The Balaban J connectivity index is 1.71. The summed E-state index contributed by atoms with van der Waals surface area (Å²) in [7, 11) is 0. The summed E-state index contributed by atoms with van der Waals surface area (Å²) < 4.78 is 5.34. The van der Waals surface area contributed by atoms with Crippen LogP contribution in [0.25, 0.3) is 0 Å². The highest BCUT2D eigenvalue weighted by molar-refractivity contribution is 5.72. The second-order valence-corrected chi connectivity index (χ2v) is 4.65. The maximum absolute atomic E-state index is 11.4. The summed E-state index contributed by atoms with van der Waals surface area (Å²) in [5.41, 5.74) is 1.25. The Bertz CT molecular complexity index is 364. The molecule has 0 spiro atoms. The van der Waals surface area contributed by atoms with Gasteiger partial charge in [0.05, 0.1) is 5.92 Å². The van der Waals surface area contributed by atoms with Crippen molar-refractivity contribution in [1.82, 2.24) is 5.32 Å². The second kappa shape index (κ2) is 5.82. The molecule has 1 saturated heterocycles. The van der Waals surface area contributed by atoms with Gasteiger partial charge in [-0.15, -0.1) is 0 Å². The maximum Gasteiger partial charge on any atom is 0.308 e. The zero-order valence-electron chi connectivity index (χ0n) is 10.2. The molecule has 2 unspecified atom stereocenters. The molecule has 2 atom stereocenters. The molecule has 1 N–H and O–H groups in total. The number of cyclic esters (lactones) is 1. The largest absolute Gasteiger partial charge is 0.461 e. The minimum absolute atomic E-state index is 0.0439. The van der Waals surface area contributed by atoms with E-state index < -0.39 is 0 Å². The molecule has 0 aliphatic carbocycles. The quantitative estimate of drug-likeness (QED) is 0.809. The van der Waals surface area contributed by atoms with Gasteiger partial charge in [-0.1, -0.05) is 37.3 Å². The molecule has 17 heavy (non-hydrogen) atoms. The Morgan fingerprint density at radius 1 is 1.29 bits per heavy atom. The van der Waals surface area contributed by atoms with Crippen LogP contribution >= 0.6 is 0 Å². The van der Waals surface area contributed by atoms with E-state index in [0.29, 0.717) is 0 Å². The smallest absolute Gasteiger partial charge is 0.308 e. The summed E-state index contributed by atoms with van der Waals surface area (Å²) in [6.45, 7) is 3.49. The van der Waals surface area contributed by atoms with E-state index in [-0.39, 0.29) is 18.0 Å². The fraction of sp³-hybridized carbons (Fsp3) is 0.500.